The number of carbonyl (C=O) groups excluding carboxylic acids is 2. The van der Waals surface area contributed by atoms with Crippen molar-refractivity contribution in [3.05, 3.63) is 173 Å². The molecule has 6 aromatic rings. The van der Waals surface area contributed by atoms with Crippen LogP contribution in [0.5, 0.6) is 0 Å². The zero-order valence-corrected chi connectivity index (χ0v) is 47.3. The number of imidazole rings is 1. The number of anilines is 1. The molecule has 12 rings (SSSR count). The van der Waals surface area contributed by atoms with Crippen molar-refractivity contribution < 1.29 is 9.59 Å². The topological polar surface area (TPSA) is 84.9 Å². The Morgan fingerprint density at radius 1 is 0.692 bits per heavy atom. The third kappa shape index (κ3) is 10.1. The summed E-state index contributed by atoms with van der Waals surface area (Å²) < 4.78 is 0. The number of likely N-dealkylation sites (tertiary alicyclic amines) is 2. The second-order valence-corrected chi connectivity index (χ2v) is 25.6. The molecular weight excluding hydrogens is 957 g/mol. The van der Waals surface area contributed by atoms with Crippen LogP contribution >= 0.6 is 0 Å². The predicted molar refractivity (Wildman–Crippen MR) is 319 cm³/mol. The summed E-state index contributed by atoms with van der Waals surface area (Å²) in [5, 5.41) is 0. The van der Waals surface area contributed by atoms with Gasteiger partial charge in [0.25, 0.3) is 0 Å². The number of carbonyl (C=O) groups is 2. The molecule has 2 aliphatic carbocycles. The van der Waals surface area contributed by atoms with Crippen molar-refractivity contribution in [2.75, 3.05) is 18.0 Å². The molecule has 1 N–H and O–H groups in total. The summed E-state index contributed by atoms with van der Waals surface area (Å²) >= 11 is 0. The number of aliphatic imine (C=N–C) groups is 1. The van der Waals surface area contributed by atoms with Gasteiger partial charge in [0.1, 0.15) is 11.9 Å². The molecular formula is C70H84N6O2. The lowest BCUT2D eigenvalue weighted by Crippen LogP contribution is -2.45. The summed E-state index contributed by atoms with van der Waals surface area (Å²) in [7, 11) is 0. The van der Waals surface area contributed by atoms with Crippen LogP contribution in [0.4, 0.5) is 11.4 Å². The van der Waals surface area contributed by atoms with E-state index in [0.29, 0.717) is 36.1 Å². The van der Waals surface area contributed by atoms with Crippen molar-refractivity contribution in [2.24, 2.45) is 22.7 Å². The molecule has 1 aromatic heterocycles. The van der Waals surface area contributed by atoms with Gasteiger partial charge in [-0.2, -0.15) is 0 Å². The lowest BCUT2D eigenvalue weighted by Gasteiger charge is -2.37. The van der Waals surface area contributed by atoms with Crippen LogP contribution in [0, 0.1) is 17.8 Å². The van der Waals surface area contributed by atoms with Gasteiger partial charge in [0.15, 0.2) is 0 Å². The average molecular weight is 1040 g/mol. The lowest BCUT2D eigenvalue weighted by molar-refractivity contribution is -0.135. The highest BCUT2D eigenvalue weighted by Gasteiger charge is 2.45. The molecule has 3 saturated heterocycles. The molecule has 2 amide bonds. The summed E-state index contributed by atoms with van der Waals surface area (Å²) in [5.74, 6) is 2.51. The van der Waals surface area contributed by atoms with Gasteiger partial charge in [-0.15, -0.1) is 0 Å². The number of nitrogens with zero attached hydrogens (tertiary/aromatic N) is 5. The van der Waals surface area contributed by atoms with Gasteiger partial charge in [0, 0.05) is 24.5 Å². The van der Waals surface area contributed by atoms with Crippen LogP contribution in [0.25, 0.3) is 11.0 Å². The fraction of sp³-hybridized carbons (Fsp3) is 0.486. The van der Waals surface area contributed by atoms with E-state index in [-0.39, 0.29) is 47.3 Å². The molecule has 5 aromatic carbocycles. The van der Waals surface area contributed by atoms with Crippen LogP contribution in [0.2, 0.25) is 0 Å². The number of hydrogen-bond donors (Lipinski definition) is 1. The molecule has 8 heteroatoms. The zero-order valence-electron chi connectivity index (χ0n) is 47.3. The van der Waals surface area contributed by atoms with Crippen molar-refractivity contribution in [3.63, 3.8) is 0 Å². The fourth-order valence-corrected chi connectivity index (χ4v) is 15.6. The minimum Gasteiger partial charge on any atom is -0.357 e. The largest absolute Gasteiger partial charge is 0.357 e. The van der Waals surface area contributed by atoms with Gasteiger partial charge in [-0.25, -0.2) is 4.98 Å². The summed E-state index contributed by atoms with van der Waals surface area (Å²) in [5.41, 5.74) is 14.0. The Morgan fingerprint density at radius 3 is 1.95 bits per heavy atom. The summed E-state index contributed by atoms with van der Waals surface area (Å²) in [6, 6.07) is 44.6. The smallest absolute Gasteiger partial charge is 0.231 e. The van der Waals surface area contributed by atoms with E-state index in [0.717, 1.165) is 104 Å². The Morgan fingerprint density at radius 2 is 1.32 bits per heavy atom. The molecule has 2 saturated carbocycles. The monoisotopic (exact) mass is 1040 g/mol. The molecule has 0 bridgehead atoms. The van der Waals surface area contributed by atoms with Crippen LogP contribution in [0.1, 0.15) is 212 Å². The van der Waals surface area contributed by atoms with Gasteiger partial charge in [-0.1, -0.05) is 171 Å². The molecule has 8 unspecified atom stereocenters. The standard InChI is InChI=1S/C70H84N6O2/c1-7-47-42-60(61-29-20-39-74(61)68(77)63(48-21-12-8-13-22-48)49-23-14-9-15-24-49)71-58-44-53(30-36-56(47)58)65-46(3)41-62(76(65)55-34-32-54(33-35-55)70(4,5)6)52-31-37-57-59(43-52)73-67(72-57)66-45(2)38-40-75(66)69(78)64(50-25-16-10-17-26-50)51-27-18-11-19-28-51/h8,10,12-13,16-17,21-22,25-26,30-37,43-44,46-47,49,51,61-66H,2,7,9,11,14-15,18-20,23-24,27-29,38-42H2,1,3-6H3,(H,72,73). The highest BCUT2D eigenvalue weighted by atomic mass is 16.2. The molecule has 5 fully saturated rings. The maximum atomic E-state index is 15.1. The second kappa shape index (κ2) is 22.1. The van der Waals surface area contributed by atoms with E-state index in [4.69, 9.17) is 9.98 Å². The number of nitrogens with one attached hydrogen (secondary N) is 1. The SMILES string of the molecule is C=C1CCN(C(=O)C(c2ccccc2)C2CCCCC2)C1c1nc2ccc(C3CC(C)C(c4ccc5c(c4)N=C(C4CCCN4C(=O)C(c4ccccc4)C4CCCCC4)CC5CC)N3c3ccc(C(C)(C)C)cc3)cc2[nH]1. The first-order chi connectivity index (χ1) is 37.9. The number of hydrogen-bond acceptors (Lipinski definition) is 5. The van der Waals surface area contributed by atoms with Gasteiger partial charge in [0.2, 0.25) is 11.8 Å². The van der Waals surface area contributed by atoms with E-state index in [1.54, 1.807) is 0 Å². The number of rotatable bonds is 12. The van der Waals surface area contributed by atoms with E-state index in [1.165, 1.54) is 77.7 Å². The van der Waals surface area contributed by atoms with Crippen LogP contribution in [0.3, 0.4) is 0 Å². The van der Waals surface area contributed by atoms with Crippen molar-refractivity contribution in [1.82, 2.24) is 19.8 Å². The molecule has 8 nitrogen and oxygen atoms in total. The first-order valence-electron chi connectivity index (χ1n) is 30.4. The van der Waals surface area contributed by atoms with Crippen molar-refractivity contribution in [1.29, 1.82) is 0 Å². The number of fused-ring (bicyclic) bond motifs is 2. The average Bonchev–Trinajstić information content (AvgIpc) is 4.43. The normalized spacial score (nSPS) is 25.1. The number of aromatic amines is 1. The molecule has 8 atom stereocenters. The zero-order chi connectivity index (χ0) is 53.7. The summed E-state index contributed by atoms with van der Waals surface area (Å²) in [4.78, 5) is 51.9. The summed E-state index contributed by atoms with van der Waals surface area (Å²) in [6.45, 7) is 17.7. The molecule has 6 aliphatic rings. The number of aromatic nitrogens is 2. The molecule has 78 heavy (non-hydrogen) atoms. The van der Waals surface area contributed by atoms with E-state index in [9.17, 15) is 0 Å². The van der Waals surface area contributed by atoms with Crippen LogP contribution in [-0.4, -0.2) is 56.4 Å². The first-order valence-corrected chi connectivity index (χ1v) is 30.4. The number of H-pyrrole nitrogens is 1. The van der Waals surface area contributed by atoms with Crippen LogP contribution in [-0.2, 0) is 15.0 Å². The minimum absolute atomic E-state index is 0.0317. The van der Waals surface area contributed by atoms with Gasteiger partial charge < -0.3 is 19.7 Å². The fourth-order valence-electron chi connectivity index (χ4n) is 15.6. The van der Waals surface area contributed by atoms with Gasteiger partial charge in [-0.05, 0) is 163 Å². The Hall–Kier alpha value is -6.28. The minimum atomic E-state index is -0.290. The third-order valence-corrected chi connectivity index (χ3v) is 19.7. The molecule has 5 heterocycles. The summed E-state index contributed by atoms with van der Waals surface area (Å²) in [6.07, 6.45) is 17.5. The third-order valence-electron chi connectivity index (χ3n) is 19.7. The van der Waals surface area contributed by atoms with Crippen molar-refractivity contribution in [3.8, 4) is 0 Å². The molecule has 4 aliphatic heterocycles. The van der Waals surface area contributed by atoms with Crippen molar-refractivity contribution >= 4 is 39.9 Å². The van der Waals surface area contributed by atoms with Crippen LogP contribution < -0.4 is 4.90 Å². The molecule has 406 valence electrons. The Balaban J connectivity index is 0.867. The lowest BCUT2D eigenvalue weighted by atomic mass is 9.76. The predicted octanol–water partition coefficient (Wildman–Crippen LogP) is 16.7. The Bertz CT molecular complexity index is 3140. The highest BCUT2D eigenvalue weighted by molar-refractivity contribution is 5.98. The van der Waals surface area contributed by atoms with Gasteiger partial charge in [-0.3, -0.25) is 14.6 Å². The Labute approximate surface area is 465 Å². The van der Waals surface area contributed by atoms with E-state index in [1.807, 2.05) is 0 Å². The number of amides is 2. The maximum absolute atomic E-state index is 15.1. The molecule has 0 radical (unpaired) electrons. The molecule has 0 spiro atoms. The van der Waals surface area contributed by atoms with Gasteiger partial charge >= 0.3 is 0 Å². The maximum Gasteiger partial charge on any atom is 0.231 e. The first kappa shape index (κ1) is 52.4. The van der Waals surface area contributed by atoms with Crippen LogP contribution in [0.15, 0.2) is 138 Å². The highest BCUT2D eigenvalue weighted by Crippen LogP contribution is 2.53. The second-order valence-electron chi connectivity index (χ2n) is 25.6. The van der Waals surface area contributed by atoms with Gasteiger partial charge in [0.05, 0.1) is 46.7 Å². The van der Waals surface area contributed by atoms with Crippen molar-refractivity contribution in [2.45, 2.75) is 185 Å². The van der Waals surface area contributed by atoms with E-state index in [2.05, 4.69) is 182 Å². The Kier molecular flexibility index (Phi) is 14.9. The van der Waals surface area contributed by atoms with E-state index >= 15 is 9.59 Å². The quantitative estimate of drug-likeness (QED) is 0.124. The van der Waals surface area contributed by atoms with E-state index < -0.39 is 0 Å². The number of benzene rings is 5.